The minimum atomic E-state index is -0.449. The molecule has 126 valence electrons. The fourth-order valence-electron chi connectivity index (χ4n) is 2.75. The van der Waals surface area contributed by atoms with Crippen molar-refractivity contribution in [1.82, 2.24) is 14.9 Å². The number of halogens is 1. The first-order chi connectivity index (χ1) is 11.7. The number of rotatable bonds is 4. The Morgan fingerprint density at radius 3 is 2.67 bits per heavy atom. The van der Waals surface area contributed by atoms with E-state index in [1.807, 2.05) is 0 Å². The van der Waals surface area contributed by atoms with Crippen molar-refractivity contribution in [1.29, 1.82) is 0 Å². The molecule has 0 aliphatic carbocycles. The van der Waals surface area contributed by atoms with Crippen molar-refractivity contribution in [3.05, 3.63) is 48.2 Å². The van der Waals surface area contributed by atoms with E-state index in [1.165, 1.54) is 13.2 Å². The lowest BCUT2D eigenvalue weighted by Gasteiger charge is -2.35. The number of amides is 1. The summed E-state index contributed by atoms with van der Waals surface area (Å²) in [5.41, 5.74) is 0.648. The SMILES string of the molecule is COc1ccc(CC(=O)N2CCN(c3cnccn3)CC2)cc1F. The number of carbonyl (C=O) groups is 1. The van der Waals surface area contributed by atoms with E-state index in [2.05, 4.69) is 14.9 Å². The number of piperazine rings is 1. The maximum absolute atomic E-state index is 13.7. The van der Waals surface area contributed by atoms with Crippen molar-refractivity contribution >= 4 is 11.7 Å². The predicted octanol–water partition coefficient (Wildman–Crippen LogP) is 1.52. The molecule has 1 fully saturated rings. The van der Waals surface area contributed by atoms with Gasteiger partial charge in [-0.05, 0) is 17.7 Å². The van der Waals surface area contributed by atoms with Gasteiger partial charge < -0.3 is 14.5 Å². The first-order valence-electron chi connectivity index (χ1n) is 7.78. The zero-order valence-corrected chi connectivity index (χ0v) is 13.5. The molecule has 0 radical (unpaired) electrons. The van der Waals surface area contributed by atoms with Gasteiger partial charge in [0.05, 0.1) is 19.7 Å². The normalized spacial score (nSPS) is 14.6. The van der Waals surface area contributed by atoms with E-state index in [4.69, 9.17) is 4.74 Å². The van der Waals surface area contributed by atoms with E-state index in [1.54, 1.807) is 35.6 Å². The van der Waals surface area contributed by atoms with Crippen LogP contribution in [0.2, 0.25) is 0 Å². The summed E-state index contributed by atoms with van der Waals surface area (Å²) >= 11 is 0. The van der Waals surface area contributed by atoms with Crippen LogP contribution in [0.5, 0.6) is 5.75 Å². The van der Waals surface area contributed by atoms with E-state index in [-0.39, 0.29) is 18.1 Å². The summed E-state index contributed by atoms with van der Waals surface area (Å²) in [4.78, 5) is 24.6. The van der Waals surface area contributed by atoms with Gasteiger partial charge in [-0.3, -0.25) is 9.78 Å². The van der Waals surface area contributed by atoms with Gasteiger partial charge in [0.2, 0.25) is 5.91 Å². The Morgan fingerprint density at radius 1 is 1.25 bits per heavy atom. The second kappa shape index (κ2) is 7.25. The van der Waals surface area contributed by atoms with Crippen molar-refractivity contribution in [3.63, 3.8) is 0 Å². The number of methoxy groups -OCH3 is 1. The lowest BCUT2D eigenvalue weighted by Crippen LogP contribution is -2.49. The lowest BCUT2D eigenvalue weighted by atomic mass is 10.1. The standard InChI is InChI=1S/C17H19FN4O2/c1-24-15-3-2-13(10-14(15)18)11-17(23)22-8-6-21(7-9-22)16-12-19-4-5-20-16/h2-5,10,12H,6-9,11H2,1H3. The maximum atomic E-state index is 13.7. The second-order valence-electron chi connectivity index (χ2n) is 5.58. The Balaban J connectivity index is 1.56. The Kier molecular flexibility index (Phi) is 4.88. The van der Waals surface area contributed by atoms with Crippen LogP contribution in [0.25, 0.3) is 0 Å². The highest BCUT2D eigenvalue weighted by Gasteiger charge is 2.22. The van der Waals surface area contributed by atoms with Crippen LogP contribution in [0.15, 0.2) is 36.8 Å². The molecule has 1 aromatic heterocycles. The first kappa shape index (κ1) is 16.2. The minimum absolute atomic E-state index is 0.00152. The van der Waals surface area contributed by atoms with Crippen molar-refractivity contribution in [3.8, 4) is 5.75 Å². The number of ether oxygens (including phenoxy) is 1. The Hall–Kier alpha value is -2.70. The van der Waals surface area contributed by atoms with Gasteiger partial charge in [0.25, 0.3) is 0 Å². The monoisotopic (exact) mass is 330 g/mol. The molecule has 0 N–H and O–H groups in total. The second-order valence-corrected chi connectivity index (χ2v) is 5.58. The van der Waals surface area contributed by atoms with Crippen LogP contribution in [0, 0.1) is 5.82 Å². The molecule has 1 aromatic carbocycles. The molecular weight excluding hydrogens is 311 g/mol. The van der Waals surface area contributed by atoms with Gasteiger partial charge >= 0.3 is 0 Å². The molecule has 0 atom stereocenters. The van der Waals surface area contributed by atoms with E-state index >= 15 is 0 Å². The van der Waals surface area contributed by atoms with Crippen LogP contribution in [0.3, 0.4) is 0 Å². The zero-order valence-electron chi connectivity index (χ0n) is 13.5. The summed E-state index contributed by atoms with van der Waals surface area (Å²) in [6.07, 6.45) is 5.20. The van der Waals surface area contributed by atoms with Gasteiger partial charge in [0, 0.05) is 38.6 Å². The highest BCUT2D eigenvalue weighted by molar-refractivity contribution is 5.79. The quantitative estimate of drug-likeness (QED) is 0.851. The molecule has 0 saturated carbocycles. The van der Waals surface area contributed by atoms with E-state index in [0.29, 0.717) is 31.7 Å². The van der Waals surface area contributed by atoms with Gasteiger partial charge in [-0.15, -0.1) is 0 Å². The fraction of sp³-hybridized carbons (Fsp3) is 0.353. The number of hydrogen-bond donors (Lipinski definition) is 0. The van der Waals surface area contributed by atoms with Crippen LogP contribution in [0.4, 0.5) is 10.2 Å². The summed E-state index contributed by atoms with van der Waals surface area (Å²) in [6.45, 7) is 2.66. The molecule has 1 saturated heterocycles. The third-order valence-corrected chi connectivity index (χ3v) is 4.08. The third-order valence-electron chi connectivity index (χ3n) is 4.08. The number of anilines is 1. The number of benzene rings is 1. The van der Waals surface area contributed by atoms with Crippen LogP contribution in [-0.4, -0.2) is 54.1 Å². The molecule has 1 aliphatic heterocycles. The van der Waals surface area contributed by atoms with Crippen LogP contribution >= 0.6 is 0 Å². The number of nitrogens with zero attached hydrogens (tertiary/aromatic N) is 4. The summed E-state index contributed by atoms with van der Waals surface area (Å²) in [5, 5.41) is 0. The van der Waals surface area contributed by atoms with E-state index in [9.17, 15) is 9.18 Å². The maximum Gasteiger partial charge on any atom is 0.227 e. The van der Waals surface area contributed by atoms with Crippen LogP contribution in [0.1, 0.15) is 5.56 Å². The molecule has 6 nitrogen and oxygen atoms in total. The minimum Gasteiger partial charge on any atom is -0.494 e. The van der Waals surface area contributed by atoms with Gasteiger partial charge in [0.15, 0.2) is 11.6 Å². The van der Waals surface area contributed by atoms with E-state index in [0.717, 1.165) is 5.82 Å². The van der Waals surface area contributed by atoms with Gasteiger partial charge in [-0.1, -0.05) is 6.07 Å². The lowest BCUT2D eigenvalue weighted by molar-refractivity contribution is -0.130. The summed E-state index contributed by atoms with van der Waals surface area (Å²) in [6, 6.07) is 4.62. The van der Waals surface area contributed by atoms with Crippen molar-refractivity contribution in [2.75, 3.05) is 38.2 Å². The molecular formula is C17H19FN4O2. The highest BCUT2D eigenvalue weighted by atomic mass is 19.1. The van der Waals surface area contributed by atoms with Crippen molar-refractivity contribution in [2.45, 2.75) is 6.42 Å². The van der Waals surface area contributed by atoms with Gasteiger partial charge in [-0.25, -0.2) is 9.37 Å². The molecule has 2 aromatic rings. The van der Waals surface area contributed by atoms with Crippen molar-refractivity contribution in [2.24, 2.45) is 0 Å². The number of aromatic nitrogens is 2. The first-order valence-corrected chi connectivity index (χ1v) is 7.78. The Bertz CT molecular complexity index is 703. The summed E-state index contributed by atoms with van der Waals surface area (Å²) in [5.74, 6) is 0.555. The number of hydrogen-bond acceptors (Lipinski definition) is 5. The van der Waals surface area contributed by atoms with Crippen LogP contribution in [-0.2, 0) is 11.2 Å². The zero-order chi connectivity index (χ0) is 16.9. The average Bonchev–Trinajstić information content (AvgIpc) is 2.63. The Morgan fingerprint density at radius 2 is 2.04 bits per heavy atom. The topological polar surface area (TPSA) is 58.6 Å². The molecule has 24 heavy (non-hydrogen) atoms. The van der Waals surface area contributed by atoms with Gasteiger partial charge in [-0.2, -0.15) is 0 Å². The molecule has 1 amide bonds. The molecule has 3 rings (SSSR count). The third kappa shape index (κ3) is 3.61. The van der Waals surface area contributed by atoms with Gasteiger partial charge in [0.1, 0.15) is 5.82 Å². The summed E-state index contributed by atoms with van der Waals surface area (Å²) in [7, 11) is 1.42. The fourth-order valence-corrected chi connectivity index (χ4v) is 2.75. The number of carbonyl (C=O) groups excluding carboxylic acids is 1. The summed E-state index contributed by atoms with van der Waals surface area (Å²) < 4.78 is 18.6. The largest absolute Gasteiger partial charge is 0.494 e. The smallest absolute Gasteiger partial charge is 0.227 e. The molecule has 7 heteroatoms. The molecule has 0 unspecified atom stereocenters. The van der Waals surface area contributed by atoms with Crippen LogP contribution < -0.4 is 9.64 Å². The highest BCUT2D eigenvalue weighted by Crippen LogP contribution is 2.19. The van der Waals surface area contributed by atoms with E-state index < -0.39 is 5.82 Å². The molecule has 0 bridgehead atoms. The predicted molar refractivity (Wildman–Crippen MR) is 87.5 cm³/mol. The molecule has 1 aliphatic rings. The average molecular weight is 330 g/mol. The molecule has 0 spiro atoms. The Labute approximate surface area is 139 Å². The molecule has 2 heterocycles. The van der Waals surface area contributed by atoms with Crippen molar-refractivity contribution < 1.29 is 13.9 Å².